The molecule has 0 heterocycles. The highest BCUT2D eigenvalue weighted by Crippen LogP contribution is 1.91. The molecule has 0 aliphatic rings. The van der Waals surface area contributed by atoms with Gasteiger partial charge in [0.25, 0.3) is 0 Å². The molecule has 0 radical (unpaired) electrons. The van der Waals surface area contributed by atoms with E-state index in [1.807, 2.05) is 19.2 Å². The van der Waals surface area contributed by atoms with Gasteiger partial charge in [0.2, 0.25) is 0 Å². The van der Waals surface area contributed by atoms with Crippen LogP contribution in [0.25, 0.3) is 0 Å². The number of nitrogens with zero attached hydrogens (tertiary/aromatic N) is 1. The predicted molar refractivity (Wildman–Crippen MR) is 45.4 cm³/mol. The second-order valence-electron chi connectivity index (χ2n) is 2.25. The molecule has 2 nitrogen and oxygen atoms in total. The number of allylic oxidation sites excluding steroid dienone is 1. The third-order valence-corrected chi connectivity index (χ3v) is 1.16. The summed E-state index contributed by atoms with van der Waals surface area (Å²) in [5.41, 5.74) is 6.32. The predicted octanol–water partition coefficient (Wildman–Crippen LogP) is 1.31. The summed E-state index contributed by atoms with van der Waals surface area (Å²) in [7, 11) is 0. The highest BCUT2D eigenvalue weighted by molar-refractivity contribution is 4.92. The fourth-order valence-corrected chi connectivity index (χ4v) is 0.727. The highest BCUT2D eigenvalue weighted by atomic mass is 15.1. The summed E-state index contributed by atoms with van der Waals surface area (Å²) < 4.78 is 0. The van der Waals surface area contributed by atoms with Crippen LogP contribution in [0, 0.1) is 0 Å². The van der Waals surface area contributed by atoms with Crippen LogP contribution < -0.4 is 5.73 Å². The van der Waals surface area contributed by atoms with E-state index in [9.17, 15) is 0 Å². The number of nitrogens with two attached hydrogens (primary N) is 1. The molecular formula is C8H16N2. The average Bonchev–Trinajstić information content (AvgIpc) is 1.86. The first-order chi connectivity index (χ1) is 4.70. The summed E-state index contributed by atoms with van der Waals surface area (Å²) >= 11 is 0. The van der Waals surface area contributed by atoms with Crippen molar-refractivity contribution in [3.63, 3.8) is 0 Å². The Balaban J connectivity index is 3.82. The van der Waals surface area contributed by atoms with Gasteiger partial charge in [-0.2, -0.15) is 0 Å². The van der Waals surface area contributed by atoms with E-state index in [0.717, 1.165) is 18.8 Å². The van der Waals surface area contributed by atoms with Gasteiger partial charge in [-0.15, -0.1) is 6.58 Å². The van der Waals surface area contributed by atoms with E-state index in [1.54, 1.807) is 0 Å². The fraction of sp³-hybridized carbons (Fsp3) is 0.500. The number of rotatable bonds is 4. The first-order valence-electron chi connectivity index (χ1n) is 3.49. The molecular weight excluding hydrogens is 124 g/mol. The third-order valence-electron chi connectivity index (χ3n) is 1.16. The zero-order valence-electron chi connectivity index (χ0n) is 6.80. The molecule has 0 unspecified atom stereocenters. The Bertz CT molecular complexity index is 123. The largest absolute Gasteiger partial charge is 0.401 e. The van der Waals surface area contributed by atoms with Gasteiger partial charge in [-0.25, -0.2) is 0 Å². The summed E-state index contributed by atoms with van der Waals surface area (Å²) in [6, 6.07) is 0. The summed E-state index contributed by atoms with van der Waals surface area (Å²) in [6.07, 6.45) is 3.80. The van der Waals surface area contributed by atoms with Gasteiger partial charge in [0, 0.05) is 25.0 Å². The SMILES string of the molecule is C=CCN(/C=C(/C)N)CC. The van der Waals surface area contributed by atoms with E-state index in [4.69, 9.17) is 5.73 Å². The zero-order valence-corrected chi connectivity index (χ0v) is 6.80. The summed E-state index contributed by atoms with van der Waals surface area (Å²) in [5.74, 6) is 0. The number of likely N-dealkylation sites (N-methyl/N-ethyl adjacent to an activating group) is 1. The lowest BCUT2D eigenvalue weighted by molar-refractivity contribution is 0.436. The lowest BCUT2D eigenvalue weighted by Gasteiger charge is -2.15. The molecule has 0 spiro atoms. The van der Waals surface area contributed by atoms with Gasteiger partial charge in [-0.1, -0.05) is 6.08 Å². The minimum absolute atomic E-state index is 0.837. The van der Waals surface area contributed by atoms with Crippen LogP contribution in [-0.2, 0) is 0 Å². The Hall–Kier alpha value is -0.920. The number of hydrogen-bond donors (Lipinski definition) is 1. The van der Waals surface area contributed by atoms with E-state index >= 15 is 0 Å². The molecule has 0 amide bonds. The topological polar surface area (TPSA) is 29.3 Å². The lowest BCUT2D eigenvalue weighted by Crippen LogP contribution is -2.17. The van der Waals surface area contributed by atoms with Gasteiger partial charge in [-0.05, 0) is 13.8 Å². The normalized spacial score (nSPS) is 11.2. The average molecular weight is 140 g/mol. The smallest absolute Gasteiger partial charge is 0.0351 e. The zero-order chi connectivity index (χ0) is 7.98. The lowest BCUT2D eigenvalue weighted by atomic mass is 10.4. The molecule has 0 bridgehead atoms. The molecule has 0 saturated heterocycles. The van der Waals surface area contributed by atoms with Crippen molar-refractivity contribution in [2.45, 2.75) is 13.8 Å². The molecule has 0 fully saturated rings. The quantitative estimate of drug-likeness (QED) is 0.597. The highest BCUT2D eigenvalue weighted by Gasteiger charge is 1.90. The second-order valence-corrected chi connectivity index (χ2v) is 2.25. The van der Waals surface area contributed by atoms with Crippen LogP contribution in [0.4, 0.5) is 0 Å². The van der Waals surface area contributed by atoms with Gasteiger partial charge in [0.15, 0.2) is 0 Å². The van der Waals surface area contributed by atoms with E-state index in [2.05, 4.69) is 18.4 Å². The summed E-state index contributed by atoms with van der Waals surface area (Å²) in [4.78, 5) is 2.10. The van der Waals surface area contributed by atoms with Gasteiger partial charge in [0.1, 0.15) is 0 Å². The maximum absolute atomic E-state index is 5.48. The monoisotopic (exact) mass is 140 g/mol. The molecule has 0 rings (SSSR count). The second kappa shape index (κ2) is 4.91. The number of hydrogen-bond acceptors (Lipinski definition) is 2. The maximum Gasteiger partial charge on any atom is 0.0351 e. The Kier molecular flexibility index (Phi) is 4.46. The molecule has 0 saturated carbocycles. The van der Waals surface area contributed by atoms with Crippen molar-refractivity contribution in [2.24, 2.45) is 5.73 Å². The van der Waals surface area contributed by atoms with E-state index in [0.29, 0.717) is 0 Å². The third kappa shape index (κ3) is 4.01. The molecule has 2 heteroatoms. The molecule has 0 aliphatic carbocycles. The van der Waals surface area contributed by atoms with Crippen molar-refractivity contribution >= 4 is 0 Å². The molecule has 0 aliphatic heterocycles. The fourth-order valence-electron chi connectivity index (χ4n) is 0.727. The summed E-state index contributed by atoms with van der Waals surface area (Å²) in [5, 5.41) is 0. The van der Waals surface area contributed by atoms with Crippen molar-refractivity contribution in [3.05, 3.63) is 24.6 Å². The summed E-state index contributed by atoms with van der Waals surface area (Å²) in [6.45, 7) is 9.45. The van der Waals surface area contributed by atoms with Crippen molar-refractivity contribution in [1.29, 1.82) is 0 Å². The molecule has 0 aromatic carbocycles. The Morgan fingerprint density at radius 3 is 2.60 bits per heavy atom. The molecule has 10 heavy (non-hydrogen) atoms. The van der Waals surface area contributed by atoms with Crippen molar-refractivity contribution in [2.75, 3.05) is 13.1 Å². The Labute approximate surface area is 63.0 Å². The first-order valence-corrected chi connectivity index (χ1v) is 3.49. The van der Waals surface area contributed by atoms with Gasteiger partial charge >= 0.3 is 0 Å². The minimum atomic E-state index is 0.837. The van der Waals surface area contributed by atoms with Crippen LogP contribution in [0.15, 0.2) is 24.6 Å². The van der Waals surface area contributed by atoms with E-state index in [-0.39, 0.29) is 0 Å². The Morgan fingerprint density at radius 1 is 1.70 bits per heavy atom. The first kappa shape index (κ1) is 9.08. The molecule has 0 atom stereocenters. The molecule has 0 aromatic rings. The van der Waals surface area contributed by atoms with Crippen molar-refractivity contribution in [1.82, 2.24) is 4.90 Å². The van der Waals surface area contributed by atoms with Crippen LogP contribution in [-0.4, -0.2) is 18.0 Å². The van der Waals surface area contributed by atoms with Gasteiger partial charge < -0.3 is 10.6 Å². The van der Waals surface area contributed by atoms with Crippen LogP contribution in [0.2, 0.25) is 0 Å². The molecule has 58 valence electrons. The van der Waals surface area contributed by atoms with Crippen LogP contribution in [0.5, 0.6) is 0 Å². The van der Waals surface area contributed by atoms with Crippen LogP contribution >= 0.6 is 0 Å². The molecule has 0 aromatic heterocycles. The molecule has 2 N–H and O–H groups in total. The maximum atomic E-state index is 5.48. The van der Waals surface area contributed by atoms with Gasteiger partial charge in [-0.3, -0.25) is 0 Å². The van der Waals surface area contributed by atoms with Crippen LogP contribution in [0.1, 0.15) is 13.8 Å². The minimum Gasteiger partial charge on any atom is -0.401 e. The van der Waals surface area contributed by atoms with Crippen molar-refractivity contribution in [3.8, 4) is 0 Å². The van der Waals surface area contributed by atoms with Crippen molar-refractivity contribution < 1.29 is 0 Å². The van der Waals surface area contributed by atoms with Crippen LogP contribution in [0.3, 0.4) is 0 Å². The van der Waals surface area contributed by atoms with Gasteiger partial charge in [0.05, 0.1) is 0 Å². The van der Waals surface area contributed by atoms with E-state index < -0.39 is 0 Å². The standard InChI is InChI=1S/C8H16N2/c1-4-6-10(5-2)7-8(3)9/h4,7H,1,5-6,9H2,2-3H3/b8-7-. The Morgan fingerprint density at radius 2 is 2.30 bits per heavy atom. The van der Waals surface area contributed by atoms with E-state index in [1.165, 1.54) is 0 Å².